The lowest BCUT2D eigenvalue weighted by molar-refractivity contribution is 0.456. The number of H-pyrrole nitrogens is 1. The average Bonchev–Trinajstić information content (AvgIpc) is 2.98. The summed E-state index contributed by atoms with van der Waals surface area (Å²) in [6, 6.07) is 8.70. The molecule has 0 spiro atoms. The van der Waals surface area contributed by atoms with Crippen molar-refractivity contribution >= 4 is 10.9 Å². The maximum Gasteiger partial charge on any atom is 0.0492 e. The Hall–Kier alpha value is -1.28. The molecule has 2 nitrogen and oxygen atoms in total. The van der Waals surface area contributed by atoms with Crippen molar-refractivity contribution in [2.75, 3.05) is 6.54 Å². The van der Waals surface area contributed by atoms with Gasteiger partial charge in [0.15, 0.2) is 0 Å². The van der Waals surface area contributed by atoms with E-state index in [2.05, 4.69) is 29.2 Å². The van der Waals surface area contributed by atoms with E-state index in [1.165, 1.54) is 42.1 Å². The van der Waals surface area contributed by atoms with Crippen LogP contribution in [0.4, 0.5) is 0 Å². The van der Waals surface area contributed by atoms with Crippen LogP contribution >= 0.6 is 0 Å². The van der Waals surface area contributed by atoms with E-state index < -0.39 is 0 Å². The molecule has 0 atom stereocenters. The Balaban J connectivity index is 2.20. The summed E-state index contributed by atoms with van der Waals surface area (Å²) in [6.07, 6.45) is 7.12. The molecule has 84 valence electrons. The van der Waals surface area contributed by atoms with Crippen LogP contribution in [-0.4, -0.2) is 11.5 Å². The zero-order valence-electron chi connectivity index (χ0n) is 9.50. The monoisotopic (exact) mass is 214 g/mol. The molecule has 1 fully saturated rings. The predicted molar refractivity (Wildman–Crippen MR) is 67.5 cm³/mol. The fourth-order valence-corrected chi connectivity index (χ4v) is 3.16. The molecule has 1 aromatic heterocycles. The minimum Gasteiger partial charge on any atom is -0.361 e. The van der Waals surface area contributed by atoms with Gasteiger partial charge in [-0.15, -0.1) is 0 Å². The maximum atomic E-state index is 6.05. The summed E-state index contributed by atoms with van der Waals surface area (Å²) in [7, 11) is 0. The number of aromatic nitrogens is 1. The first-order valence-corrected chi connectivity index (χ1v) is 6.12. The number of hydrogen-bond donors (Lipinski definition) is 2. The van der Waals surface area contributed by atoms with Gasteiger partial charge >= 0.3 is 0 Å². The van der Waals surface area contributed by atoms with Crippen molar-refractivity contribution in [3.63, 3.8) is 0 Å². The largest absolute Gasteiger partial charge is 0.361 e. The van der Waals surface area contributed by atoms with Gasteiger partial charge in [-0.2, -0.15) is 0 Å². The summed E-state index contributed by atoms with van der Waals surface area (Å²) in [5.74, 6) is 0. The van der Waals surface area contributed by atoms with Gasteiger partial charge in [0.2, 0.25) is 0 Å². The van der Waals surface area contributed by atoms with Crippen LogP contribution in [0.25, 0.3) is 10.9 Å². The number of rotatable bonds is 2. The third kappa shape index (κ3) is 1.30. The van der Waals surface area contributed by atoms with Crippen molar-refractivity contribution in [3.8, 4) is 0 Å². The SMILES string of the molecule is NCC1(c2cccc3cc[nH]c23)CCCC1. The molecule has 3 N–H and O–H groups in total. The molecule has 2 aromatic rings. The second-order valence-electron chi connectivity index (χ2n) is 4.94. The average molecular weight is 214 g/mol. The number of nitrogens with two attached hydrogens (primary N) is 1. The lowest BCUT2D eigenvalue weighted by atomic mass is 9.78. The molecule has 1 saturated carbocycles. The van der Waals surface area contributed by atoms with E-state index in [1.54, 1.807) is 0 Å². The van der Waals surface area contributed by atoms with E-state index in [-0.39, 0.29) is 5.41 Å². The molecule has 0 radical (unpaired) electrons. The van der Waals surface area contributed by atoms with Gasteiger partial charge < -0.3 is 10.7 Å². The minimum atomic E-state index is 0.227. The molecule has 0 unspecified atom stereocenters. The highest BCUT2D eigenvalue weighted by molar-refractivity contribution is 5.83. The molecule has 1 aromatic carbocycles. The normalized spacial score (nSPS) is 19.3. The van der Waals surface area contributed by atoms with E-state index in [9.17, 15) is 0 Å². The van der Waals surface area contributed by atoms with Crippen LogP contribution in [0.5, 0.6) is 0 Å². The van der Waals surface area contributed by atoms with Gasteiger partial charge in [0.05, 0.1) is 0 Å². The Labute approximate surface area is 95.8 Å². The molecule has 1 aliphatic carbocycles. The molecule has 1 heterocycles. The first kappa shape index (κ1) is 9.91. The first-order valence-electron chi connectivity index (χ1n) is 6.12. The van der Waals surface area contributed by atoms with Crippen LogP contribution in [0.15, 0.2) is 30.5 Å². The van der Waals surface area contributed by atoms with Crippen LogP contribution < -0.4 is 5.73 Å². The fraction of sp³-hybridized carbons (Fsp3) is 0.429. The van der Waals surface area contributed by atoms with Gasteiger partial charge in [0.1, 0.15) is 0 Å². The Morgan fingerprint density at radius 2 is 2.00 bits per heavy atom. The van der Waals surface area contributed by atoms with Gasteiger partial charge in [0, 0.05) is 23.7 Å². The lowest BCUT2D eigenvalue weighted by Gasteiger charge is -2.28. The highest BCUT2D eigenvalue weighted by Gasteiger charge is 2.35. The van der Waals surface area contributed by atoms with Crippen LogP contribution in [0.1, 0.15) is 31.2 Å². The third-order valence-corrected chi connectivity index (χ3v) is 4.11. The van der Waals surface area contributed by atoms with Crippen molar-refractivity contribution in [1.82, 2.24) is 4.98 Å². The van der Waals surface area contributed by atoms with E-state index >= 15 is 0 Å². The predicted octanol–water partition coefficient (Wildman–Crippen LogP) is 2.94. The molecule has 16 heavy (non-hydrogen) atoms. The van der Waals surface area contributed by atoms with Crippen LogP contribution in [0, 0.1) is 0 Å². The molecule has 0 amide bonds. The number of aromatic amines is 1. The molecule has 3 rings (SSSR count). The fourth-order valence-electron chi connectivity index (χ4n) is 3.16. The number of nitrogens with one attached hydrogen (secondary N) is 1. The quantitative estimate of drug-likeness (QED) is 0.793. The zero-order valence-corrected chi connectivity index (χ0v) is 9.50. The van der Waals surface area contributed by atoms with Crippen molar-refractivity contribution in [1.29, 1.82) is 0 Å². The smallest absolute Gasteiger partial charge is 0.0492 e. The second-order valence-corrected chi connectivity index (χ2v) is 4.94. The molecule has 0 aliphatic heterocycles. The van der Waals surface area contributed by atoms with E-state index in [0.717, 1.165) is 6.54 Å². The van der Waals surface area contributed by atoms with Crippen molar-refractivity contribution in [2.45, 2.75) is 31.1 Å². The highest BCUT2D eigenvalue weighted by atomic mass is 14.7. The summed E-state index contributed by atoms with van der Waals surface area (Å²) in [5.41, 5.74) is 8.99. The maximum absolute atomic E-state index is 6.05. The first-order chi connectivity index (χ1) is 7.86. The van der Waals surface area contributed by atoms with Gasteiger partial charge in [-0.05, 0) is 29.9 Å². The molecular formula is C14H18N2. The Bertz CT molecular complexity index is 492. The number of benzene rings is 1. The highest BCUT2D eigenvalue weighted by Crippen LogP contribution is 2.42. The lowest BCUT2D eigenvalue weighted by Crippen LogP contribution is -2.32. The summed E-state index contributed by atoms with van der Waals surface area (Å²) in [6.45, 7) is 0.769. The summed E-state index contributed by atoms with van der Waals surface area (Å²) in [4.78, 5) is 3.37. The summed E-state index contributed by atoms with van der Waals surface area (Å²) < 4.78 is 0. The topological polar surface area (TPSA) is 41.8 Å². The molecule has 1 aliphatic rings. The standard InChI is InChI=1S/C14H18N2/c15-10-14(7-1-2-8-14)12-5-3-4-11-6-9-16-13(11)12/h3-6,9,16H,1-2,7-8,10,15H2. The van der Waals surface area contributed by atoms with Gasteiger partial charge in [0.25, 0.3) is 0 Å². The van der Waals surface area contributed by atoms with E-state index in [1.807, 2.05) is 6.20 Å². The third-order valence-electron chi connectivity index (χ3n) is 4.11. The summed E-state index contributed by atoms with van der Waals surface area (Å²) in [5, 5.41) is 1.30. The van der Waals surface area contributed by atoms with Crippen molar-refractivity contribution < 1.29 is 0 Å². The molecule has 0 saturated heterocycles. The van der Waals surface area contributed by atoms with Gasteiger partial charge in [-0.25, -0.2) is 0 Å². The zero-order chi connectivity index (χ0) is 11.0. The Morgan fingerprint density at radius 3 is 2.75 bits per heavy atom. The van der Waals surface area contributed by atoms with Crippen molar-refractivity contribution in [3.05, 3.63) is 36.0 Å². The summed E-state index contributed by atoms with van der Waals surface area (Å²) >= 11 is 0. The number of fused-ring (bicyclic) bond motifs is 1. The van der Waals surface area contributed by atoms with E-state index in [4.69, 9.17) is 5.73 Å². The minimum absolute atomic E-state index is 0.227. The number of hydrogen-bond acceptors (Lipinski definition) is 1. The molecular weight excluding hydrogens is 196 g/mol. The Kier molecular flexibility index (Phi) is 2.25. The van der Waals surface area contributed by atoms with Crippen LogP contribution in [-0.2, 0) is 5.41 Å². The number of para-hydroxylation sites is 1. The Morgan fingerprint density at radius 1 is 1.19 bits per heavy atom. The van der Waals surface area contributed by atoms with Crippen LogP contribution in [0.3, 0.4) is 0 Å². The molecule has 2 heteroatoms. The second kappa shape index (κ2) is 3.63. The van der Waals surface area contributed by atoms with Crippen LogP contribution in [0.2, 0.25) is 0 Å². The van der Waals surface area contributed by atoms with Gasteiger partial charge in [-0.3, -0.25) is 0 Å². The molecule has 0 bridgehead atoms. The van der Waals surface area contributed by atoms with Crippen molar-refractivity contribution in [2.24, 2.45) is 5.73 Å². The van der Waals surface area contributed by atoms with E-state index in [0.29, 0.717) is 0 Å². The van der Waals surface area contributed by atoms with Gasteiger partial charge in [-0.1, -0.05) is 31.0 Å².